The van der Waals surface area contributed by atoms with Crippen LogP contribution < -0.4 is 11.1 Å². The van der Waals surface area contributed by atoms with Gasteiger partial charge in [0.25, 0.3) is 0 Å². The zero-order chi connectivity index (χ0) is 13.8. The first-order valence-corrected chi connectivity index (χ1v) is 7.15. The molecule has 2 rings (SSSR count). The van der Waals surface area contributed by atoms with Crippen LogP contribution in [0, 0.1) is 12.8 Å². The second kappa shape index (κ2) is 6.20. The Labute approximate surface area is 115 Å². The highest BCUT2D eigenvalue weighted by Gasteiger charge is 2.28. The molecule has 0 aliphatic heterocycles. The van der Waals surface area contributed by atoms with Crippen LogP contribution in [-0.2, 0) is 4.79 Å². The van der Waals surface area contributed by atoms with Gasteiger partial charge < -0.3 is 11.1 Å². The number of carbonyl (C=O) groups is 1. The predicted octanol–water partition coefficient (Wildman–Crippen LogP) is 2.34. The summed E-state index contributed by atoms with van der Waals surface area (Å²) in [6.07, 6.45) is 2.97. The van der Waals surface area contributed by atoms with Crippen molar-refractivity contribution >= 4 is 5.91 Å². The summed E-state index contributed by atoms with van der Waals surface area (Å²) in [6, 6.07) is 8.38. The first-order valence-electron chi connectivity index (χ1n) is 7.15. The van der Waals surface area contributed by atoms with Crippen molar-refractivity contribution in [3.8, 4) is 0 Å². The topological polar surface area (TPSA) is 55.1 Å². The number of hydrogen-bond donors (Lipinski definition) is 2. The molecule has 0 saturated heterocycles. The number of aryl methyl sites for hydroxylation is 1. The molecule has 1 aromatic rings. The molecule has 1 amide bonds. The summed E-state index contributed by atoms with van der Waals surface area (Å²) < 4.78 is 0. The van der Waals surface area contributed by atoms with Crippen molar-refractivity contribution < 1.29 is 4.79 Å². The molecule has 1 aromatic carbocycles. The van der Waals surface area contributed by atoms with E-state index in [1.54, 1.807) is 0 Å². The maximum absolute atomic E-state index is 11.9. The molecule has 0 heterocycles. The third-order valence-electron chi connectivity index (χ3n) is 3.97. The molecule has 104 valence electrons. The van der Waals surface area contributed by atoms with Gasteiger partial charge in [-0.1, -0.05) is 31.2 Å². The van der Waals surface area contributed by atoms with Gasteiger partial charge in [0.15, 0.2) is 0 Å². The van der Waals surface area contributed by atoms with Crippen LogP contribution in [-0.4, -0.2) is 18.5 Å². The number of amides is 1. The van der Waals surface area contributed by atoms with E-state index in [0.717, 1.165) is 0 Å². The standard InChI is InChI=1S/C16H24N2O/c1-11-5-3-4-6-14(11)12(2)9-16(19)18-10-15(17)13-7-8-13/h3-6,12-13,15H,7-10,17H2,1-2H3,(H,18,19). The Morgan fingerprint density at radius 1 is 1.42 bits per heavy atom. The molecule has 0 radical (unpaired) electrons. The molecule has 1 fully saturated rings. The van der Waals surface area contributed by atoms with E-state index >= 15 is 0 Å². The number of carbonyl (C=O) groups excluding carboxylic acids is 1. The summed E-state index contributed by atoms with van der Waals surface area (Å²) in [7, 11) is 0. The Kier molecular flexibility index (Phi) is 4.59. The van der Waals surface area contributed by atoms with E-state index in [2.05, 4.69) is 31.3 Å². The van der Waals surface area contributed by atoms with Gasteiger partial charge in [0.05, 0.1) is 0 Å². The fourth-order valence-electron chi connectivity index (χ4n) is 2.52. The highest BCUT2D eigenvalue weighted by atomic mass is 16.1. The molecule has 2 atom stereocenters. The van der Waals surface area contributed by atoms with E-state index in [1.807, 2.05) is 12.1 Å². The minimum absolute atomic E-state index is 0.104. The highest BCUT2D eigenvalue weighted by molar-refractivity contribution is 5.76. The van der Waals surface area contributed by atoms with Gasteiger partial charge in [0, 0.05) is 19.0 Å². The molecule has 2 unspecified atom stereocenters. The number of rotatable bonds is 6. The Morgan fingerprint density at radius 3 is 2.74 bits per heavy atom. The normalized spacial score (nSPS) is 17.8. The first-order chi connectivity index (χ1) is 9.08. The Balaban J connectivity index is 1.79. The van der Waals surface area contributed by atoms with Crippen LogP contribution in [0.4, 0.5) is 0 Å². The summed E-state index contributed by atoms with van der Waals surface area (Å²) in [5, 5.41) is 2.96. The van der Waals surface area contributed by atoms with Gasteiger partial charge in [-0.15, -0.1) is 0 Å². The molecule has 0 bridgehead atoms. The molecule has 0 spiro atoms. The van der Waals surface area contributed by atoms with Gasteiger partial charge >= 0.3 is 0 Å². The zero-order valence-electron chi connectivity index (χ0n) is 11.9. The van der Waals surface area contributed by atoms with E-state index in [4.69, 9.17) is 5.73 Å². The second-order valence-electron chi connectivity index (χ2n) is 5.77. The summed E-state index contributed by atoms with van der Waals surface area (Å²) in [5.74, 6) is 0.985. The van der Waals surface area contributed by atoms with Gasteiger partial charge in [0.1, 0.15) is 0 Å². The van der Waals surface area contributed by atoms with Crippen LogP contribution in [0.3, 0.4) is 0 Å². The minimum atomic E-state index is 0.104. The predicted molar refractivity (Wildman–Crippen MR) is 77.9 cm³/mol. The van der Waals surface area contributed by atoms with E-state index < -0.39 is 0 Å². The maximum atomic E-state index is 11.9. The van der Waals surface area contributed by atoms with Crippen LogP contribution in [0.5, 0.6) is 0 Å². The van der Waals surface area contributed by atoms with Crippen molar-refractivity contribution in [1.29, 1.82) is 0 Å². The minimum Gasteiger partial charge on any atom is -0.355 e. The monoisotopic (exact) mass is 260 g/mol. The largest absolute Gasteiger partial charge is 0.355 e. The molecule has 1 aliphatic carbocycles. The molecule has 0 aromatic heterocycles. The lowest BCUT2D eigenvalue weighted by Crippen LogP contribution is -2.38. The smallest absolute Gasteiger partial charge is 0.220 e. The first kappa shape index (κ1) is 14.1. The van der Waals surface area contributed by atoms with Gasteiger partial charge in [-0.05, 0) is 42.7 Å². The quantitative estimate of drug-likeness (QED) is 0.825. The molecule has 19 heavy (non-hydrogen) atoms. The van der Waals surface area contributed by atoms with Crippen LogP contribution >= 0.6 is 0 Å². The van der Waals surface area contributed by atoms with Crippen LogP contribution in [0.15, 0.2) is 24.3 Å². The highest BCUT2D eigenvalue weighted by Crippen LogP contribution is 2.31. The lowest BCUT2D eigenvalue weighted by molar-refractivity contribution is -0.121. The van der Waals surface area contributed by atoms with E-state index in [0.29, 0.717) is 18.9 Å². The second-order valence-corrected chi connectivity index (χ2v) is 5.77. The van der Waals surface area contributed by atoms with Crippen molar-refractivity contribution in [2.75, 3.05) is 6.54 Å². The fraction of sp³-hybridized carbons (Fsp3) is 0.562. The van der Waals surface area contributed by atoms with Gasteiger partial charge in [-0.25, -0.2) is 0 Å². The Morgan fingerprint density at radius 2 is 2.11 bits per heavy atom. The molecule has 3 heteroatoms. The molecule has 1 aliphatic rings. The van der Waals surface area contributed by atoms with Crippen molar-refractivity contribution in [1.82, 2.24) is 5.32 Å². The average molecular weight is 260 g/mol. The zero-order valence-corrected chi connectivity index (χ0v) is 11.9. The molecular weight excluding hydrogens is 236 g/mol. The van der Waals surface area contributed by atoms with Crippen molar-refractivity contribution in [2.45, 2.75) is 45.1 Å². The number of hydrogen-bond acceptors (Lipinski definition) is 2. The Bertz CT molecular complexity index is 440. The number of benzene rings is 1. The average Bonchev–Trinajstić information content (AvgIpc) is 3.20. The van der Waals surface area contributed by atoms with E-state index in [-0.39, 0.29) is 17.9 Å². The lowest BCUT2D eigenvalue weighted by Gasteiger charge is -2.16. The maximum Gasteiger partial charge on any atom is 0.220 e. The van der Waals surface area contributed by atoms with Crippen molar-refractivity contribution in [3.63, 3.8) is 0 Å². The van der Waals surface area contributed by atoms with Crippen molar-refractivity contribution in [3.05, 3.63) is 35.4 Å². The van der Waals surface area contributed by atoms with Crippen LogP contribution in [0.2, 0.25) is 0 Å². The number of nitrogens with two attached hydrogens (primary N) is 1. The summed E-state index contributed by atoms with van der Waals surface area (Å²) >= 11 is 0. The van der Waals surface area contributed by atoms with Gasteiger partial charge in [-0.2, -0.15) is 0 Å². The third kappa shape index (κ3) is 4.06. The third-order valence-corrected chi connectivity index (χ3v) is 3.97. The molecular formula is C16H24N2O. The summed E-state index contributed by atoms with van der Waals surface area (Å²) in [5.41, 5.74) is 8.48. The van der Waals surface area contributed by atoms with E-state index in [9.17, 15) is 4.79 Å². The fourth-order valence-corrected chi connectivity index (χ4v) is 2.52. The van der Waals surface area contributed by atoms with Gasteiger partial charge in [0.2, 0.25) is 5.91 Å². The summed E-state index contributed by atoms with van der Waals surface area (Å²) in [6.45, 7) is 4.81. The summed E-state index contributed by atoms with van der Waals surface area (Å²) in [4.78, 5) is 11.9. The molecule has 3 nitrogen and oxygen atoms in total. The molecule has 1 saturated carbocycles. The van der Waals surface area contributed by atoms with Gasteiger partial charge in [-0.3, -0.25) is 4.79 Å². The van der Waals surface area contributed by atoms with Crippen molar-refractivity contribution in [2.24, 2.45) is 11.7 Å². The SMILES string of the molecule is Cc1ccccc1C(C)CC(=O)NCC(N)C1CC1. The van der Waals surface area contributed by atoms with E-state index in [1.165, 1.54) is 24.0 Å². The van der Waals surface area contributed by atoms with Crippen LogP contribution in [0.25, 0.3) is 0 Å². The molecule has 3 N–H and O–H groups in total. The lowest BCUT2D eigenvalue weighted by atomic mass is 9.93. The Hall–Kier alpha value is -1.35. The number of nitrogens with one attached hydrogen (secondary N) is 1. The van der Waals surface area contributed by atoms with Crippen LogP contribution in [0.1, 0.15) is 43.2 Å².